The molecular formula is C11H11ClN2O2. The van der Waals surface area contributed by atoms with E-state index in [-0.39, 0.29) is 5.56 Å². The van der Waals surface area contributed by atoms with Crippen LogP contribution in [0.1, 0.15) is 28.9 Å². The summed E-state index contributed by atoms with van der Waals surface area (Å²) in [6, 6.07) is 6.51. The van der Waals surface area contributed by atoms with Gasteiger partial charge in [-0.25, -0.2) is 0 Å². The van der Waals surface area contributed by atoms with Gasteiger partial charge in [-0.3, -0.25) is 4.79 Å². The van der Waals surface area contributed by atoms with Gasteiger partial charge >= 0.3 is 0 Å². The van der Waals surface area contributed by atoms with Gasteiger partial charge in [-0.05, 0) is 25.1 Å². The van der Waals surface area contributed by atoms with E-state index in [0.717, 1.165) is 0 Å². The molecule has 0 saturated carbocycles. The first kappa shape index (κ1) is 12.5. The van der Waals surface area contributed by atoms with Crippen LogP contribution < -0.4 is 5.73 Å². The van der Waals surface area contributed by atoms with Crippen molar-refractivity contribution < 1.29 is 9.53 Å². The number of rotatable bonds is 4. The van der Waals surface area contributed by atoms with Gasteiger partial charge in [0.25, 0.3) is 0 Å². The second kappa shape index (κ2) is 5.50. The molecule has 0 aliphatic carbocycles. The number of amides is 1. The highest BCUT2D eigenvalue weighted by Crippen LogP contribution is 2.24. The molecule has 1 amide bonds. The average molecular weight is 239 g/mol. The van der Waals surface area contributed by atoms with E-state index in [0.29, 0.717) is 17.2 Å². The zero-order valence-corrected chi connectivity index (χ0v) is 9.49. The number of nitrogens with two attached hydrogens (primary N) is 1. The number of hydrogen-bond donors (Lipinski definition) is 1. The maximum atomic E-state index is 11.2. The van der Waals surface area contributed by atoms with Crippen molar-refractivity contribution in [1.82, 2.24) is 0 Å². The molecule has 84 valence electrons. The topological polar surface area (TPSA) is 76.1 Å². The summed E-state index contributed by atoms with van der Waals surface area (Å²) in [5, 5.41) is 9.37. The normalized spacial score (nSPS) is 11.8. The number of nitrogens with zero attached hydrogens (tertiary/aromatic N) is 1. The third kappa shape index (κ3) is 2.72. The Hall–Kier alpha value is -1.57. The molecule has 1 rings (SSSR count). The number of nitriles is 1. The van der Waals surface area contributed by atoms with E-state index in [4.69, 9.17) is 27.3 Å². The Morgan fingerprint density at radius 2 is 2.38 bits per heavy atom. The van der Waals surface area contributed by atoms with Crippen LogP contribution in [0.25, 0.3) is 0 Å². The highest BCUT2D eigenvalue weighted by molar-refractivity contribution is 6.30. The second-order valence-electron chi connectivity index (χ2n) is 3.06. The first-order valence-electron chi connectivity index (χ1n) is 4.70. The van der Waals surface area contributed by atoms with E-state index < -0.39 is 12.0 Å². The Labute approximate surface area is 98.6 Å². The molecule has 16 heavy (non-hydrogen) atoms. The lowest BCUT2D eigenvalue weighted by atomic mass is 10.0. The number of halogens is 1. The smallest absolute Gasteiger partial charge is 0.249 e. The van der Waals surface area contributed by atoms with E-state index in [9.17, 15) is 4.79 Å². The number of carbonyl (C=O) groups is 1. The monoisotopic (exact) mass is 238 g/mol. The molecule has 0 spiro atoms. The molecule has 2 N–H and O–H groups in total. The molecule has 4 nitrogen and oxygen atoms in total. The SMILES string of the molecule is CCOC(C#N)c1cc(Cl)ccc1C(N)=O. The number of primary amides is 1. The predicted octanol–water partition coefficient (Wildman–Crippen LogP) is 2.04. The van der Waals surface area contributed by atoms with Gasteiger partial charge in [0.1, 0.15) is 0 Å². The van der Waals surface area contributed by atoms with E-state index in [1.165, 1.54) is 12.1 Å². The van der Waals surface area contributed by atoms with Gasteiger partial charge in [-0.1, -0.05) is 11.6 Å². The molecule has 0 aliphatic rings. The summed E-state index contributed by atoms with van der Waals surface area (Å²) in [7, 11) is 0. The Bertz CT molecular complexity index is 440. The van der Waals surface area contributed by atoms with Gasteiger partial charge in [-0.15, -0.1) is 0 Å². The van der Waals surface area contributed by atoms with Crippen LogP contribution in [0.5, 0.6) is 0 Å². The first-order valence-corrected chi connectivity index (χ1v) is 5.08. The van der Waals surface area contributed by atoms with E-state index >= 15 is 0 Å². The number of benzene rings is 1. The Balaban J connectivity index is 3.23. The van der Waals surface area contributed by atoms with Crippen LogP contribution in [0.3, 0.4) is 0 Å². The van der Waals surface area contributed by atoms with Gasteiger partial charge in [0.15, 0.2) is 6.10 Å². The van der Waals surface area contributed by atoms with Crippen LogP contribution in [-0.2, 0) is 4.74 Å². The van der Waals surface area contributed by atoms with Crippen molar-refractivity contribution in [2.24, 2.45) is 5.73 Å². The molecule has 0 bridgehead atoms. The zero-order chi connectivity index (χ0) is 12.1. The van der Waals surface area contributed by atoms with Gasteiger partial charge in [0.2, 0.25) is 5.91 Å². The van der Waals surface area contributed by atoms with Gasteiger partial charge in [0.05, 0.1) is 6.07 Å². The maximum absolute atomic E-state index is 11.2. The van der Waals surface area contributed by atoms with Crippen LogP contribution in [0.2, 0.25) is 5.02 Å². The van der Waals surface area contributed by atoms with Gasteiger partial charge in [-0.2, -0.15) is 5.26 Å². The number of hydrogen-bond acceptors (Lipinski definition) is 3. The molecule has 1 aromatic rings. The van der Waals surface area contributed by atoms with Crippen LogP contribution >= 0.6 is 11.6 Å². The molecular weight excluding hydrogens is 228 g/mol. The molecule has 0 saturated heterocycles. The molecule has 1 atom stereocenters. The zero-order valence-electron chi connectivity index (χ0n) is 8.74. The Morgan fingerprint density at radius 1 is 1.69 bits per heavy atom. The average Bonchev–Trinajstić information content (AvgIpc) is 2.25. The molecule has 0 fully saturated rings. The highest BCUT2D eigenvalue weighted by Gasteiger charge is 2.18. The lowest BCUT2D eigenvalue weighted by Gasteiger charge is -2.12. The van der Waals surface area contributed by atoms with E-state index in [1.54, 1.807) is 13.0 Å². The molecule has 1 unspecified atom stereocenters. The van der Waals surface area contributed by atoms with Crippen LogP contribution in [-0.4, -0.2) is 12.5 Å². The van der Waals surface area contributed by atoms with Crippen molar-refractivity contribution in [2.75, 3.05) is 6.61 Å². The standard InChI is InChI=1S/C11H11ClN2O2/c1-2-16-10(6-13)9-5-7(12)3-4-8(9)11(14)15/h3-5,10H,2H2,1H3,(H2,14,15). The Kier molecular flexibility index (Phi) is 4.29. The summed E-state index contributed by atoms with van der Waals surface area (Å²) in [5.74, 6) is -0.605. The summed E-state index contributed by atoms with van der Waals surface area (Å²) >= 11 is 5.81. The summed E-state index contributed by atoms with van der Waals surface area (Å²) in [5.41, 5.74) is 5.87. The minimum absolute atomic E-state index is 0.254. The number of ether oxygens (including phenoxy) is 1. The number of carbonyl (C=O) groups excluding carboxylic acids is 1. The molecule has 0 aromatic heterocycles. The third-order valence-electron chi connectivity index (χ3n) is 2.01. The third-order valence-corrected chi connectivity index (χ3v) is 2.25. The van der Waals surface area contributed by atoms with Crippen LogP contribution in [0.4, 0.5) is 0 Å². The lowest BCUT2D eigenvalue weighted by molar-refractivity contribution is 0.0944. The fraction of sp³-hybridized carbons (Fsp3) is 0.273. The van der Waals surface area contributed by atoms with Crippen molar-refractivity contribution in [3.05, 3.63) is 34.3 Å². The second-order valence-corrected chi connectivity index (χ2v) is 3.50. The van der Waals surface area contributed by atoms with Crippen LogP contribution in [0, 0.1) is 11.3 Å². The molecule has 5 heteroatoms. The maximum Gasteiger partial charge on any atom is 0.249 e. The quantitative estimate of drug-likeness (QED) is 0.872. The van der Waals surface area contributed by atoms with E-state index in [2.05, 4.69) is 0 Å². The predicted molar refractivity (Wildman–Crippen MR) is 59.9 cm³/mol. The van der Waals surface area contributed by atoms with Crippen LogP contribution in [0.15, 0.2) is 18.2 Å². The van der Waals surface area contributed by atoms with Crippen molar-refractivity contribution in [2.45, 2.75) is 13.0 Å². The molecule has 0 aliphatic heterocycles. The summed E-state index contributed by atoms with van der Waals surface area (Å²) < 4.78 is 5.20. The lowest BCUT2D eigenvalue weighted by Crippen LogP contribution is -2.16. The fourth-order valence-electron chi connectivity index (χ4n) is 1.34. The largest absolute Gasteiger partial charge is 0.366 e. The van der Waals surface area contributed by atoms with E-state index in [1.807, 2.05) is 6.07 Å². The first-order chi connectivity index (χ1) is 7.60. The van der Waals surface area contributed by atoms with Crippen molar-refractivity contribution >= 4 is 17.5 Å². The minimum atomic E-state index is -0.828. The molecule has 0 heterocycles. The highest BCUT2D eigenvalue weighted by atomic mass is 35.5. The van der Waals surface area contributed by atoms with Gasteiger partial charge < -0.3 is 10.5 Å². The van der Waals surface area contributed by atoms with Crippen molar-refractivity contribution in [3.8, 4) is 6.07 Å². The van der Waals surface area contributed by atoms with Crippen molar-refractivity contribution in [1.29, 1.82) is 5.26 Å². The minimum Gasteiger partial charge on any atom is -0.366 e. The fourth-order valence-corrected chi connectivity index (χ4v) is 1.52. The summed E-state index contributed by atoms with van der Waals surface area (Å²) in [6.07, 6.45) is -0.828. The summed E-state index contributed by atoms with van der Waals surface area (Å²) in [4.78, 5) is 11.2. The Morgan fingerprint density at radius 3 is 2.88 bits per heavy atom. The summed E-state index contributed by atoms with van der Waals surface area (Å²) in [6.45, 7) is 2.13. The van der Waals surface area contributed by atoms with Gasteiger partial charge in [0, 0.05) is 22.8 Å². The molecule has 0 radical (unpaired) electrons. The van der Waals surface area contributed by atoms with Crippen molar-refractivity contribution in [3.63, 3.8) is 0 Å². The molecule has 1 aromatic carbocycles.